The second-order valence-corrected chi connectivity index (χ2v) is 5.73. The van der Waals surface area contributed by atoms with Gasteiger partial charge >= 0.3 is 6.09 Å². The highest BCUT2D eigenvalue weighted by Crippen LogP contribution is 2.30. The van der Waals surface area contributed by atoms with Crippen molar-refractivity contribution in [2.45, 2.75) is 39.4 Å². The number of amides is 1. The van der Waals surface area contributed by atoms with Gasteiger partial charge in [0, 0.05) is 18.5 Å². The van der Waals surface area contributed by atoms with Crippen molar-refractivity contribution in [2.75, 3.05) is 19.6 Å². The Morgan fingerprint density at radius 3 is 2.56 bits per heavy atom. The van der Waals surface area contributed by atoms with Gasteiger partial charge in [0.15, 0.2) is 0 Å². The maximum Gasteiger partial charge on any atom is 0.410 e. The molecule has 1 heterocycles. The first-order valence-corrected chi connectivity index (χ1v) is 5.54. The van der Waals surface area contributed by atoms with Gasteiger partial charge in [0.05, 0.1) is 12.6 Å². The van der Waals surface area contributed by atoms with E-state index < -0.39 is 17.1 Å². The summed E-state index contributed by atoms with van der Waals surface area (Å²) >= 11 is 0. The molecule has 2 atom stereocenters. The van der Waals surface area contributed by atoms with Crippen molar-refractivity contribution in [3.8, 4) is 0 Å². The van der Waals surface area contributed by atoms with Crippen molar-refractivity contribution < 1.29 is 14.6 Å². The second kappa shape index (κ2) is 4.22. The summed E-state index contributed by atoms with van der Waals surface area (Å²) in [7, 11) is 0. The van der Waals surface area contributed by atoms with Gasteiger partial charge in [-0.25, -0.2) is 4.79 Å². The minimum absolute atomic E-state index is 0.294. The molecule has 1 saturated heterocycles. The first-order valence-electron chi connectivity index (χ1n) is 5.54. The van der Waals surface area contributed by atoms with E-state index >= 15 is 0 Å². The molecule has 0 aromatic carbocycles. The lowest BCUT2D eigenvalue weighted by atomic mass is 9.88. The Hall–Kier alpha value is -0.810. The van der Waals surface area contributed by atoms with Crippen molar-refractivity contribution in [2.24, 2.45) is 11.1 Å². The standard InChI is InChI=1S/C11H22N2O3/c1-10(2,3)16-9(15)13-5-8(14)11(4,6-12)7-13/h8,14H,5-7,12H2,1-4H3. The van der Waals surface area contributed by atoms with Gasteiger partial charge in [-0.3, -0.25) is 0 Å². The van der Waals surface area contributed by atoms with E-state index in [1.54, 1.807) is 0 Å². The van der Waals surface area contributed by atoms with Crippen LogP contribution in [0.1, 0.15) is 27.7 Å². The summed E-state index contributed by atoms with van der Waals surface area (Å²) in [5.74, 6) is 0. The minimum atomic E-state index is -0.579. The van der Waals surface area contributed by atoms with Crippen LogP contribution in [-0.4, -0.2) is 47.4 Å². The highest BCUT2D eigenvalue weighted by Gasteiger charge is 2.43. The smallest absolute Gasteiger partial charge is 0.410 e. The van der Waals surface area contributed by atoms with E-state index in [0.29, 0.717) is 19.6 Å². The molecule has 0 aliphatic carbocycles. The van der Waals surface area contributed by atoms with Crippen LogP contribution in [0.3, 0.4) is 0 Å². The third-order valence-electron chi connectivity index (χ3n) is 2.87. The van der Waals surface area contributed by atoms with Gasteiger partial charge in [-0.05, 0) is 20.8 Å². The Morgan fingerprint density at radius 2 is 2.19 bits per heavy atom. The number of aliphatic hydroxyl groups is 1. The number of rotatable bonds is 1. The first kappa shape index (κ1) is 13.3. The largest absolute Gasteiger partial charge is 0.444 e. The zero-order valence-electron chi connectivity index (χ0n) is 10.5. The molecule has 1 aliphatic heterocycles. The summed E-state index contributed by atoms with van der Waals surface area (Å²) in [6, 6.07) is 0. The third-order valence-corrected chi connectivity index (χ3v) is 2.87. The Kier molecular flexibility index (Phi) is 3.50. The fourth-order valence-corrected chi connectivity index (χ4v) is 1.70. The first-order chi connectivity index (χ1) is 7.18. The molecule has 5 heteroatoms. The average molecular weight is 230 g/mol. The van der Waals surface area contributed by atoms with Crippen molar-refractivity contribution in [3.63, 3.8) is 0 Å². The molecule has 1 amide bonds. The zero-order chi connectivity index (χ0) is 12.6. The van der Waals surface area contributed by atoms with Gasteiger partial charge in [-0.15, -0.1) is 0 Å². The molecular weight excluding hydrogens is 208 g/mol. The minimum Gasteiger partial charge on any atom is -0.444 e. The molecule has 0 aromatic rings. The lowest BCUT2D eigenvalue weighted by Gasteiger charge is -2.26. The van der Waals surface area contributed by atoms with Crippen LogP contribution in [-0.2, 0) is 4.74 Å². The van der Waals surface area contributed by atoms with E-state index in [9.17, 15) is 9.90 Å². The molecule has 1 aliphatic rings. The van der Waals surface area contributed by atoms with Crippen LogP contribution < -0.4 is 5.73 Å². The molecule has 0 bridgehead atoms. The number of aliphatic hydroxyl groups excluding tert-OH is 1. The predicted octanol–water partition coefficient (Wildman–Crippen LogP) is 0.563. The molecule has 0 radical (unpaired) electrons. The highest BCUT2D eigenvalue weighted by atomic mass is 16.6. The van der Waals surface area contributed by atoms with Crippen molar-refractivity contribution in [3.05, 3.63) is 0 Å². The summed E-state index contributed by atoms with van der Waals surface area (Å²) < 4.78 is 5.24. The monoisotopic (exact) mass is 230 g/mol. The normalized spacial score (nSPS) is 30.6. The lowest BCUT2D eigenvalue weighted by molar-refractivity contribution is 0.0269. The summed E-state index contributed by atoms with van der Waals surface area (Å²) in [4.78, 5) is 13.3. The molecular formula is C11H22N2O3. The SMILES string of the molecule is CC(C)(C)OC(=O)N1CC(O)C(C)(CN)C1. The molecule has 94 valence electrons. The molecule has 16 heavy (non-hydrogen) atoms. The molecule has 0 saturated carbocycles. The fraction of sp³-hybridized carbons (Fsp3) is 0.909. The number of β-amino-alcohol motifs (C(OH)–C–C–N with tert-alkyl or cyclic N) is 1. The Bertz CT molecular complexity index is 275. The fourth-order valence-electron chi connectivity index (χ4n) is 1.70. The predicted molar refractivity (Wildman–Crippen MR) is 61.0 cm³/mol. The van der Waals surface area contributed by atoms with Crippen LogP contribution in [0.5, 0.6) is 0 Å². The number of hydrogen-bond donors (Lipinski definition) is 2. The number of carbonyl (C=O) groups excluding carboxylic acids is 1. The van der Waals surface area contributed by atoms with Gasteiger partial charge < -0.3 is 20.5 Å². The van der Waals surface area contributed by atoms with Gasteiger partial charge in [0.2, 0.25) is 0 Å². The Balaban J connectivity index is 2.62. The van der Waals surface area contributed by atoms with Crippen LogP contribution in [0, 0.1) is 5.41 Å². The van der Waals surface area contributed by atoms with Crippen molar-refractivity contribution in [1.29, 1.82) is 0 Å². The lowest BCUT2D eigenvalue weighted by Crippen LogP contribution is -2.39. The molecule has 0 spiro atoms. The van der Waals surface area contributed by atoms with E-state index in [1.165, 1.54) is 4.90 Å². The number of ether oxygens (including phenoxy) is 1. The van der Waals surface area contributed by atoms with Crippen molar-refractivity contribution in [1.82, 2.24) is 4.90 Å². The van der Waals surface area contributed by atoms with Crippen LogP contribution in [0.25, 0.3) is 0 Å². The van der Waals surface area contributed by atoms with Gasteiger partial charge in [0.1, 0.15) is 5.60 Å². The molecule has 0 aromatic heterocycles. The van der Waals surface area contributed by atoms with E-state index in [2.05, 4.69) is 0 Å². The van der Waals surface area contributed by atoms with Crippen LogP contribution in [0.15, 0.2) is 0 Å². The van der Waals surface area contributed by atoms with Crippen LogP contribution in [0.2, 0.25) is 0 Å². The zero-order valence-corrected chi connectivity index (χ0v) is 10.5. The summed E-state index contributed by atoms with van der Waals surface area (Å²) in [5, 5.41) is 9.84. The third kappa shape index (κ3) is 2.86. The van der Waals surface area contributed by atoms with Gasteiger partial charge in [-0.1, -0.05) is 6.92 Å². The molecule has 5 nitrogen and oxygen atoms in total. The average Bonchev–Trinajstić information content (AvgIpc) is 2.41. The molecule has 1 fully saturated rings. The summed E-state index contributed by atoms with van der Waals surface area (Å²) in [6.07, 6.45) is -0.964. The number of likely N-dealkylation sites (tertiary alicyclic amines) is 1. The van der Waals surface area contributed by atoms with Crippen LogP contribution in [0.4, 0.5) is 4.79 Å². The second-order valence-electron chi connectivity index (χ2n) is 5.73. The maximum atomic E-state index is 11.8. The Labute approximate surface area is 96.6 Å². The number of carbonyl (C=O) groups is 1. The summed E-state index contributed by atoms with van der Waals surface area (Å²) in [5.41, 5.74) is 4.68. The topological polar surface area (TPSA) is 75.8 Å². The number of hydrogen-bond acceptors (Lipinski definition) is 4. The van der Waals surface area contributed by atoms with E-state index in [-0.39, 0.29) is 6.09 Å². The maximum absolute atomic E-state index is 11.8. The number of nitrogens with zero attached hydrogens (tertiary/aromatic N) is 1. The van der Waals surface area contributed by atoms with E-state index in [0.717, 1.165) is 0 Å². The van der Waals surface area contributed by atoms with E-state index in [1.807, 2.05) is 27.7 Å². The molecule has 3 N–H and O–H groups in total. The number of nitrogens with two attached hydrogens (primary N) is 1. The van der Waals surface area contributed by atoms with Crippen LogP contribution >= 0.6 is 0 Å². The highest BCUT2D eigenvalue weighted by molar-refractivity contribution is 5.68. The summed E-state index contributed by atoms with van der Waals surface area (Å²) in [6.45, 7) is 8.43. The quantitative estimate of drug-likeness (QED) is 0.690. The Morgan fingerprint density at radius 1 is 1.62 bits per heavy atom. The van der Waals surface area contributed by atoms with Crippen molar-refractivity contribution >= 4 is 6.09 Å². The molecule has 2 unspecified atom stereocenters. The van der Waals surface area contributed by atoms with E-state index in [4.69, 9.17) is 10.5 Å². The molecule has 1 rings (SSSR count). The van der Waals surface area contributed by atoms with Gasteiger partial charge in [0.25, 0.3) is 0 Å². The van der Waals surface area contributed by atoms with Gasteiger partial charge in [-0.2, -0.15) is 0 Å².